The third-order valence-corrected chi connectivity index (χ3v) is 5.45. The van der Waals surface area contributed by atoms with Gasteiger partial charge in [-0.05, 0) is 37.1 Å². The maximum atomic E-state index is 13.3. The lowest BCUT2D eigenvalue weighted by molar-refractivity contribution is 0.252. The predicted molar refractivity (Wildman–Crippen MR) is 113 cm³/mol. The molecule has 0 spiro atoms. The fraction of sp³-hybridized carbons (Fsp3) is 0.286. The van der Waals surface area contributed by atoms with Crippen LogP contribution in [-0.4, -0.2) is 52.2 Å². The van der Waals surface area contributed by atoms with E-state index in [1.165, 1.54) is 13.4 Å². The minimum absolute atomic E-state index is 0.0478. The molecular formula is C21H21N7O2. The first-order chi connectivity index (χ1) is 14.7. The van der Waals surface area contributed by atoms with Gasteiger partial charge in [0.1, 0.15) is 12.1 Å². The van der Waals surface area contributed by atoms with Gasteiger partial charge in [-0.3, -0.25) is 15.2 Å². The van der Waals surface area contributed by atoms with E-state index in [9.17, 15) is 4.79 Å². The van der Waals surface area contributed by atoms with Gasteiger partial charge in [0, 0.05) is 37.1 Å². The lowest BCUT2D eigenvalue weighted by atomic mass is 9.99. The smallest absolute Gasteiger partial charge is 0.329 e. The number of anilines is 3. The van der Waals surface area contributed by atoms with Crippen molar-refractivity contribution in [2.45, 2.75) is 18.9 Å². The molecule has 30 heavy (non-hydrogen) atoms. The molecule has 1 N–H and O–H groups in total. The van der Waals surface area contributed by atoms with Crippen molar-refractivity contribution < 1.29 is 9.53 Å². The number of carbonyl (C=O) groups is 1. The van der Waals surface area contributed by atoms with Gasteiger partial charge < -0.3 is 9.64 Å². The molecule has 1 fully saturated rings. The van der Waals surface area contributed by atoms with Gasteiger partial charge in [0.2, 0.25) is 5.88 Å². The molecule has 3 aromatic rings. The molecule has 152 valence electrons. The van der Waals surface area contributed by atoms with E-state index in [-0.39, 0.29) is 12.1 Å². The first-order valence-electron chi connectivity index (χ1n) is 9.85. The number of aromatic nitrogens is 4. The van der Waals surface area contributed by atoms with E-state index in [2.05, 4.69) is 25.2 Å². The van der Waals surface area contributed by atoms with Crippen LogP contribution < -0.4 is 19.9 Å². The number of carbonyl (C=O) groups excluding carboxylic acids is 1. The van der Waals surface area contributed by atoms with Gasteiger partial charge in [0.15, 0.2) is 5.82 Å². The largest absolute Gasteiger partial charge is 0.481 e. The van der Waals surface area contributed by atoms with Gasteiger partial charge in [-0.2, -0.15) is 0 Å². The lowest BCUT2D eigenvalue weighted by Gasteiger charge is -2.45. The summed E-state index contributed by atoms with van der Waals surface area (Å²) in [4.78, 5) is 34.6. The summed E-state index contributed by atoms with van der Waals surface area (Å²) in [5.74, 6) is 1.43. The summed E-state index contributed by atoms with van der Waals surface area (Å²) in [6, 6.07) is 9.24. The zero-order valence-corrected chi connectivity index (χ0v) is 16.5. The van der Waals surface area contributed by atoms with Gasteiger partial charge >= 0.3 is 6.03 Å². The Balaban J connectivity index is 1.53. The second-order valence-electron chi connectivity index (χ2n) is 7.27. The number of ether oxygens (including phenoxy) is 1. The highest BCUT2D eigenvalue weighted by Crippen LogP contribution is 2.39. The zero-order valence-electron chi connectivity index (χ0n) is 16.5. The summed E-state index contributed by atoms with van der Waals surface area (Å²) in [6.07, 6.45) is 6.82. The van der Waals surface area contributed by atoms with Crippen LogP contribution in [0.25, 0.3) is 11.3 Å². The molecule has 0 unspecified atom stereocenters. The van der Waals surface area contributed by atoms with Crippen LogP contribution in [0.4, 0.5) is 22.1 Å². The summed E-state index contributed by atoms with van der Waals surface area (Å²) < 4.78 is 5.13. The Morgan fingerprint density at radius 1 is 1.27 bits per heavy atom. The van der Waals surface area contributed by atoms with E-state index in [0.717, 1.165) is 42.9 Å². The van der Waals surface area contributed by atoms with E-state index in [1.807, 2.05) is 24.3 Å². The molecular weight excluding hydrogens is 382 g/mol. The van der Waals surface area contributed by atoms with E-state index in [0.29, 0.717) is 17.5 Å². The molecule has 1 saturated heterocycles. The van der Waals surface area contributed by atoms with Crippen molar-refractivity contribution in [2.24, 2.45) is 0 Å². The number of methoxy groups -OCH3 is 1. The van der Waals surface area contributed by atoms with Crippen LogP contribution in [-0.2, 0) is 0 Å². The maximum absolute atomic E-state index is 13.3. The summed E-state index contributed by atoms with van der Waals surface area (Å²) >= 11 is 0. The second-order valence-corrected chi connectivity index (χ2v) is 7.27. The highest BCUT2D eigenvalue weighted by molar-refractivity contribution is 6.04. The average Bonchev–Trinajstić information content (AvgIpc) is 2.80. The number of amides is 2. The zero-order chi connectivity index (χ0) is 20.5. The molecule has 2 bridgehead atoms. The van der Waals surface area contributed by atoms with Crippen molar-refractivity contribution in [1.29, 1.82) is 0 Å². The molecule has 0 aromatic carbocycles. The number of fused-ring (bicyclic) bond motifs is 4. The van der Waals surface area contributed by atoms with Gasteiger partial charge in [-0.15, -0.1) is 0 Å². The highest BCUT2D eigenvalue weighted by atomic mass is 16.5. The van der Waals surface area contributed by atoms with Crippen molar-refractivity contribution in [3.8, 4) is 17.1 Å². The number of hydrogen-bond acceptors (Lipinski definition) is 7. The maximum Gasteiger partial charge on any atom is 0.329 e. The lowest BCUT2D eigenvalue weighted by Crippen LogP contribution is -2.56. The number of hydrogen-bond donors (Lipinski definition) is 1. The topological polar surface area (TPSA) is 96.4 Å². The van der Waals surface area contributed by atoms with Crippen molar-refractivity contribution in [2.75, 3.05) is 35.3 Å². The Kier molecular flexibility index (Phi) is 4.62. The summed E-state index contributed by atoms with van der Waals surface area (Å²) in [6.45, 7) is 1.76. The van der Waals surface area contributed by atoms with Crippen LogP contribution in [0.5, 0.6) is 5.88 Å². The number of nitrogens with one attached hydrogen (secondary N) is 1. The second kappa shape index (κ2) is 7.58. The molecule has 5 rings (SSSR count). The fourth-order valence-corrected chi connectivity index (χ4v) is 4.05. The summed E-state index contributed by atoms with van der Waals surface area (Å²) in [5.41, 5.74) is 2.66. The molecule has 5 heterocycles. The molecule has 3 aromatic heterocycles. The van der Waals surface area contributed by atoms with Gasteiger partial charge in [-0.25, -0.2) is 19.7 Å². The number of rotatable bonds is 3. The highest BCUT2D eigenvalue weighted by Gasteiger charge is 2.38. The standard InChI is InChI=1S/C21H21N7O2/c1-30-19-10-18(23-13-24-19)26-21(29)28-15-5-3-9-27(12-15)17-7-6-16(25-20(17)28)14-4-2-8-22-11-14/h2,4,6-8,10-11,13,15H,3,5,9,12H2,1H3,(H,23,24,26,29)/t15-/m0/s1. The Bertz CT molecular complexity index is 1080. The van der Waals surface area contributed by atoms with Crippen LogP contribution in [0.1, 0.15) is 12.8 Å². The molecule has 0 radical (unpaired) electrons. The van der Waals surface area contributed by atoms with Gasteiger partial charge in [-0.1, -0.05) is 0 Å². The quantitative estimate of drug-likeness (QED) is 0.718. The van der Waals surface area contributed by atoms with Crippen molar-refractivity contribution in [1.82, 2.24) is 19.9 Å². The van der Waals surface area contributed by atoms with Gasteiger partial charge in [0.05, 0.1) is 24.5 Å². The molecule has 9 heteroatoms. The third kappa shape index (κ3) is 3.28. The van der Waals surface area contributed by atoms with Crippen LogP contribution in [0, 0.1) is 0 Å². The first kappa shape index (κ1) is 18.3. The molecule has 2 aliphatic rings. The summed E-state index contributed by atoms with van der Waals surface area (Å²) in [7, 11) is 1.52. The first-order valence-corrected chi connectivity index (χ1v) is 9.85. The SMILES string of the molecule is COc1cc(NC(=O)N2c3nc(-c4cccnc4)ccc3N3CCC[C@H]2C3)ncn1. The fourth-order valence-electron chi connectivity index (χ4n) is 4.05. The van der Waals surface area contributed by atoms with Crippen molar-refractivity contribution >= 4 is 23.4 Å². The molecule has 1 atom stereocenters. The van der Waals surface area contributed by atoms with Crippen LogP contribution in [0.3, 0.4) is 0 Å². The van der Waals surface area contributed by atoms with E-state index < -0.39 is 0 Å². The molecule has 9 nitrogen and oxygen atoms in total. The van der Waals surface area contributed by atoms with Gasteiger partial charge in [0.25, 0.3) is 0 Å². The van der Waals surface area contributed by atoms with Crippen LogP contribution >= 0.6 is 0 Å². The van der Waals surface area contributed by atoms with Crippen LogP contribution in [0.2, 0.25) is 0 Å². The molecule has 0 saturated carbocycles. The minimum atomic E-state index is -0.264. The predicted octanol–water partition coefficient (Wildman–Crippen LogP) is 2.96. The van der Waals surface area contributed by atoms with E-state index in [4.69, 9.17) is 9.72 Å². The molecule has 0 aliphatic carbocycles. The normalized spacial score (nSPS) is 17.3. The summed E-state index contributed by atoms with van der Waals surface area (Å²) in [5, 5.41) is 2.87. The Morgan fingerprint density at radius 2 is 2.20 bits per heavy atom. The Morgan fingerprint density at radius 3 is 3.03 bits per heavy atom. The van der Waals surface area contributed by atoms with Crippen LogP contribution in [0.15, 0.2) is 49.1 Å². The molecule has 2 amide bonds. The van der Waals surface area contributed by atoms with Crippen molar-refractivity contribution in [3.05, 3.63) is 49.1 Å². The average molecular weight is 403 g/mol. The number of pyridine rings is 2. The number of nitrogens with zero attached hydrogens (tertiary/aromatic N) is 6. The third-order valence-electron chi connectivity index (χ3n) is 5.45. The monoisotopic (exact) mass is 403 g/mol. The van der Waals surface area contributed by atoms with Crippen molar-refractivity contribution in [3.63, 3.8) is 0 Å². The number of piperidine rings is 1. The number of urea groups is 1. The van der Waals surface area contributed by atoms with E-state index >= 15 is 0 Å². The van der Waals surface area contributed by atoms with E-state index in [1.54, 1.807) is 23.4 Å². The Labute approximate surface area is 173 Å². The Hall–Kier alpha value is -3.75. The minimum Gasteiger partial charge on any atom is -0.481 e. The molecule has 2 aliphatic heterocycles.